The Kier molecular flexibility index (Phi) is 5.17. The smallest absolute Gasteiger partial charge is 0.280 e. The molecule has 0 saturated carbocycles. The number of aromatic nitrogens is 3. The van der Waals surface area contributed by atoms with Gasteiger partial charge in [-0.25, -0.2) is 0 Å². The Morgan fingerprint density at radius 3 is 2.52 bits per heavy atom. The van der Waals surface area contributed by atoms with Gasteiger partial charge in [-0.1, -0.05) is 13.0 Å². The maximum Gasteiger partial charge on any atom is 0.280 e. The van der Waals surface area contributed by atoms with Gasteiger partial charge in [-0.05, 0) is 42.3 Å². The first-order valence-electron chi connectivity index (χ1n) is 9.08. The third kappa shape index (κ3) is 4.01. The largest absolute Gasteiger partial charge is 0.369 e. The van der Waals surface area contributed by atoms with Crippen molar-refractivity contribution in [2.45, 2.75) is 6.92 Å². The third-order valence-corrected chi connectivity index (χ3v) is 5.64. The molecule has 0 amide bonds. The first kappa shape index (κ1) is 17.7. The normalized spacial score (nSPS) is 15.1. The Morgan fingerprint density at radius 2 is 1.89 bits per heavy atom. The fourth-order valence-electron chi connectivity index (χ4n) is 3.18. The van der Waals surface area contributed by atoms with E-state index >= 15 is 0 Å². The number of likely N-dealkylation sites (N-methyl/N-ethyl adjacent to an activating group) is 1. The quantitative estimate of drug-likeness (QED) is 0.707. The van der Waals surface area contributed by atoms with Gasteiger partial charge >= 0.3 is 0 Å². The minimum atomic E-state index is -0.250. The molecule has 0 spiro atoms. The second-order valence-corrected chi connectivity index (χ2v) is 7.37. The lowest BCUT2D eigenvalue weighted by atomic mass is 10.2. The molecule has 0 unspecified atom stereocenters. The van der Waals surface area contributed by atoms with Gasteiger partial charge in [-0.2, -0.15) is 0 Å². The highest BCUT2D eigenvalue weighted by atomic mass is 32.1. The number of aromatic amines is 1. The molecule has 4 rings (SSSR count). The molecule has 0 bridgehead atoms. The van der Waals surface area contributed by atoms with Gasteiger partial charge in [-0.3, -0.25) is 9.78 Å². The maximum atomic E-state index is 12.2. The van der Waals surface area contributed by atoms with Crippen LogP contribution < -0.4 is 15.8 Å². The molecule has 7 nitrogen and oxygen atoms in total. The van der Waals surface area contributed by atoms with Crippen LogP contribution >= 0.6 is 11.3 Å². The molecule has 1 fully saturated rings. The van der Waals surface area contributed by atoms with E-state index in [-0.39, 0.29) is 5.56 Å². The van der Waals surface area contributed by atoms with Crippen molar-refractivity contribution >= 4 is 28.7 Å². The number of thiophene rings is 1. The molecule has 140 valence electrons. The Labute approximate surface area is 161 Å². The zero-order valence-corrected chi connectivity index (χ0v) is 16.0. The Bertz CT molecular complexity index is 930. The zero-order valence-electron chi connectivity index (χ0n) is 15.2. The van der Waals surface area contributed by atoms with Gasteiger partial charge in [0, 0.05) is 37.6 Å². The van der Waals surface area contributed by atoms with Crippen molar-refractivity contribution in [3.8, 4) is 10.6 Å². The number of nitrogens with one attached hydrogen (secondary N) is 2. The van der Waals surface area contributed by atoms with Gasteiger partial charge < -0.3 is 15.1 Å². The average Bonchev–Trinajstić information content (AvgIpc) is 3.23. The van der Waals surface area contributed by atoms with Crippen LogP contribution in [0.25, 0.3) is 10.6 Å². The summed E-state index contributed by atoms with van der Waals surface area (Å²) in [6.07, 6.45) is 0. The summed E-state index contributed by atoms with van der Waals surface area (Å²) in [6.45, 7) is 7.61. The van der Waals surface area contributed by atoms with Crippen LogP contribution in [0.1, 0.15) is 6.92 Å². The SMILES string of the molecule is CCN1CCN(c2ccc(Nc3nnc(-c4cccs4)c(=O)[nH]3)cc2)CC1. The van der Waals surface area contributed by atoms with E-state index in [1.807, 2.05) is 29.6 Å². The number of benzene rings is 1. The van der Waals surface area contributed by atoms with Gasteiger partial charge in [0.05, 0.1) is 4.88 Å². The van der Waals surface area contributed by atoms with Crippen LogP contribution in [-0.2, 0) is 0 Å². The lowest BCUT2D eigenvalue weighted by Crippen LogP contribution is -2.46. The molecule has 27 heavy (non-hydrogen) atoms. The van der Waals surface area contributed by atoms with Crippen LogP contribution in [0.5, 0.6) is 0 Å². The first-order valence-corrected chi connectivity index (χ1v) is 9.96. The average molecular weight is 382 g/mol. The van der Waals surface area contributed by atoms with Crippen LogP contribution in [0.2, 0.25) is 0 Å². The van der Waals surface area contributed by atoms with E-state index in [0.717, 1.165) is 43.3 Å². The number of piperazine rings is 1. The lowest BCUT2D eigenvalue weighted by molar-refractivity contribution is 0.271. The van der Waals surface area contributed by atoms with Gasteiger partial charge in [0.25, 0.3) is 5.56 Å². The topological polar surface area (TPSA) is 77.2 Å². The van der Waals surface area contributed by atoms with Crippen molar-refractivity contribution in [3.63, 3.8) is 0 Å². The molecule has 1 aliphatic rings. The summed E-state index contributed by atoms with van der Waals surface area (Å²) in [4.78, 5) is 20.7. The monoisotopic (exact) mass is 382 g/mol. The number of anilines is 3. The number of H-pyrrole nitrogens is 1. The Morgan fingerprint density at radius 1 is 1.11 bits per heavy atom. The van der Waals surface area contributed by atoms with Crippen LogP contribution in [0, 0.1) is 0 Å². The van der Waals surface area contributed by atoms with E-state index in [9.17, 15) is 4.79 Å². The first-order chi connectivity index (χ1) is 13.2. The molecule has 3 heterocycles. The third-order valence-electron chi connectivity index (χ3n) is 4.77. The molecule has 1 aromatic carbocycles. The van der Waals surface area contributed by atoms with E-state index < -0.39 is 0 Å². The van der Waals surface area contributed by atoms with E-state index in [2.05, 4.69) is 49.4 Å². The standard InChI is InChI=1S/C19H22N6OS/c1-2-24-9-11-25(12-10-24)15-7-5-14(6-8-15)20-19-21-18(26)17(22-23-19)16-4-3-13-27-16/h3-8,13H,2,9-12H2,1H3,(H2,20,21,23,26). The minimum Gasteiger partial charge on any atom is -0.369 e. The Hall–Kier alpha value is -2.71. The van der Waals surface area contributed by atoms with Crippen LogP contribution in [-0.4, -0.2) is 52.8 Å². The number of hydrogen-bond donors (Lipinski definition) is 2. The number of hydrogen-bond acceptors (Lipinski definition) is 7. The highest BCUT2D eigenvalue weighted by molar-refractivity contribution is 7.13. The van der Waals surface area contributed by atoms with Crippen molar-refractivity contribution in [2.75, 3.05) is 42.9 Å². The van der Waals surface area contributed by atoms with E-state index in [4.69, 9.17) is 0 Å². The predicted molar refractivity (Wildman–Crippen MR) is 110 cm³/mol. The molecule has 1 saturated heterocycles. The highest BCUT2D eigenvalue weighted by Crippen LogP contribution is 2.22. The fraction of sp³-hybridized carbons (Fsp3) is 0.316. The van der Waals surface area contributed by atoms with Gasteiger partial charge in [-0.15, -0.1) is 21.5 Å². The second kappa shape index (κ2) is 7.89. The summed E-state index contributed by atoms with van der Waals surface area (Å²) < 4.78 is 0. The molecule has 0 aliphatic carbocycles. The van der Waals surface area contributed by atoms with Crippen molar-refractivity contribution in [1.82, 2.24) is 20.1 Å². The summed E-state index contributed by atoms with van der Waals surface area (Å²) in [7, 11) is 0. The second-order valence-electron chi connectivity index (χ2n) is 6.42. The van der Waals surface area contributed by atoms with Gasteiger partial charge in [0.15, 0.2) is 5.69 Å². The van der Waals surface area contributed by atoms with Gasteiger partial charge in [0.1, 0.15) is 0 Å². The predicted octanol–water partition coefficient (Wildman–Crippen LogP) is 2.78. The van der Waals surface area contributed by atoms with Crippen molar-refractivity contribution < 1.29 is 0 Å². The Balaban J connectivity index is 1.43. The molecular formula is C19H22N6OS. The minimum absolute atomic E-state index is 0.250. The van der Waals surface area contributed by atoms with Crippen LogP contribution in [0.4, 0.5) is 17.3 Å². The van der Waals surface area contributed by atoms with Crippen molar-refractivity contribution in [1.29, 1.82) is 0 Å². The molecular weight excluding hydrogens is 360 g/mol. The highest BCUT2D eigenvalue weighted by Gasteiger charge is 2.15. The summed E-state index contributed by atoms with van der Waals surface area (Å²) in [6, 6.07) is 11.9. The summed E-state index contributed by atoms with van der Waals surface area (Å²) in [5.74, 6) is 0.338. The van der Waals surface area contributed by atoms with Crippen molar-refractivity contribution in [3.05, 3.63) is 52.1 Å². The van der Waals surface area contributed by atoms with Crippen LogP contribution in [0.3, 0.4) is 0 Å². The molecule has 3 aromatic rings. The summed E-state index contributed by atoms with van der Waals surface area (Å²) >= 11 is 1.47. The maximum absolute atomic E-state index is 12.2. The zero-order chi connectivity index (χ0) is 18.6. The summed E-state index contributed by atoms with van der Waals surface area (Å²) in [5.41, 5.74) is 2.17. The van der Waals surface area contributed by atoms with Crippen molar-refractivity contribution in [2.24, 2.45) is 0 Å². The summed E-state index contributed by atoms with van der Waals surface area (Å²) in [5, 5.41) is 13.2. The number of nitrogens with zero attached hydrogens (tertiary/aromatic N) is 4. The molecule has 2 N–H and O–H groups in total. The molecule has 8 heteroatoms. The van der Waals surface area contributed by atoms with Gasteiger partial charge in [0.2, 0.25) is 5.95 Å². The molecule has 1 aliphatic heterocycles. The molecule has 2 aromatic heterocycles. The molecule has 0 radical (unpaired) electrons. The molecule has 0 atom stereocenters. The van der Waals surface area contributed by atoms with E-state index in [0.29, 0.717) is 11.6 Å². The van der Waals surface area contributed by atoms with E-state index in [1.165, 1.54) is 17.0 Å². The van der Waals surface area contributed by atoms with E-state index in [1.54, 1.807) is 0 Å². The number of rotatable bonds is 5. The van der Waals surface area contributed by atoms with Crippen LogP contribution in [0.15, 0.2) is 46.6 Å². The fourth-order valence-corrected chi connectivity index (χ4v) is 3.89. The lowest BCUT2D eigenvalue weighted by Gasteiger charge is -2.35.